The SMILES string of the molecule is Cl.O=S(=O)(c1cccc(C(F)(F)F)c1)N1Cc2cccc(N3CCCNCC3)c2C1. The van der Waals surface area contributed by atoms with Crippen LogP contribution in [0.2, 0.25) is 0 Å². The number of nitrogens with zero attached hydrogens (tertiary/aromatic N) is 2. The molecular formula is C20H23ClF3N3O2S. The van der Waals surface area contributed by atoms with Crippen LogP contribution in [0.25, 0.3) is 0 Å². The molecule has 0 aliphatic carbocycles. The molecular weight excluding hydrogens is 439 g/mol. The molecule has 0 aromatic heterocycles. The maximum absolute atomic E-state index is 13.1. The molecule has 2 aliphatic rings. The third kappa shape index (κ3) is 4.44. The Morgan fingerprint density at radius 3 is 2.50 bits per heavy atom. The first-order chi connectivity index (χ1) is 13.8. The molecule has 0 radical (unpaired) electrons. The molecule has 0 bridgehead atoms. The van der Waals surface area contributed by atoms with Crippen molar-refractivity contribution in [3.63, 3.8) is 0 Å². The number of hydrogen-bond donors (Lipinski definition) is 1. The molecule has 1 N–H and O–H groups in total. The van der Waals surface area contributed by atoms with Crippen LogP contribution < -0.4 is 10.2 Å². The van der Waals surface area contributed by atoms with Crippen molar-refractivity contribution in [3.8, 4) is 0 Å². The second-order valence-electron chi connectivity index (χ2n) is 7.30. The minimum Gasteiger partial charge on any atom is -0.370 e. The van der Waals surface area contributed by atoms with E-state index >= 15 is 0 Å². The van der Waals surface area contributed by atoms with Gasteiger partial charge in [-0.3, -0.25) is 0 Å². The number of rotatable bonds is 3. The van der Waals surface area contributed by atoms with Gasteiger partial charge in [-0.2, -0.15) is 17.5 Å². The first-order valence-electron chi connectivity index (χ1n) is 9.51. The number of hydrogen-bond acceptors (Lipinski definition) is 4. The average molecular weight is 462 g/mol. The van der Waals surface area contributed by atoms with Gasteiger partial charge in [0.05, 0.1) is 10.5 Å². The number of nitrogens with one attached hydrogen (secondary N) is 1. The summed E-state index contributed by atoms with van der Waals surface area (Å²) in [5.41, 5.74) is 1.88. The lowest BCUT2D eigenvalue weighted by Crippen LogP contribution is -2.29. The molecule has 4 rings (SSSR count). The number of anilines is 1. The van der Waals surface area contributed by atoms with Crippen molar-refractivity contribution >= 4 is 28.1 Å². The average Bonchev–Trinajstić information content (AvgIpc) is 2.96. The molecule has 1 fully saturated rings. The maximum Gasteiger partial charge on any atom is 0.416 e. The molecule has 0 atom stereocenters. The Hall–Kier alpha value is -1.81. The summed E-state index contributed by atoms with van der Waals surface area (Å²) in [5, 5.41) is 3.35. The van der Waals surface area contributed by atoms with Crippen LogP contribution in [0.15, 0.2) is 47.4 Å². The molecule has 0 spiro atoms. The highest BCUT2D eigenvalue weighted by Crippen LogP contribution is 2.36. The number of fused-ring (bicyclic) bond motifs is 1. The van der Waals surface area contributed by atoms with Gasteiger partial charge in [0.1, 0.15) is 0 Å². The van der Waals surface area contributed by atoms with E-state index in [4.69, 9.17) is 0 Å². The number of halogens is 4. The van der Waals surface area contributed by atoms with E-state index in [9.17, 15) is 21.6 Å². The van der Waals surface area contributed by atoms with Crippen LogP contribution in [-0.2, 0) is 29.3 Å². The Balaban J connectivity index is 0.00000256. The van der Waals surface area contributed by atoms with Crippen LogP contribution >= 0.6 is 12.4 Å². The van der Waals surface area contributed by atoms with Gasteiger partial charge in [0.2, 0.25) is 10.0 Å². The highest BCUT2D eigenvalue weighted by Gasteiger charge is 2.35. The minimum absolute atomic E-state index is 0. The van der Waals surface area contributed by atoms with E-state index in [1.54, 1.807) is 0 Å². The predicted molar refractivity (Wildman–Crippen MR) is 111 cm³/mol. The summed E-state index contributed by atoms with van der Waals surface area (Å²) in [4.78, 5) is 1.92. The smallest absolute Gasteiger partial charge is 0.370 e. The molecule has 2 aromatic carbocycles. The lowest BCUT2D eigenvalue weighted by molar-refractivity contribution is -0.137. The van der Waals surface area contributed by atoms with E-state index in [1.165, 1.54) is 10.4 Å². The highest BCUT2D eigenvalue weighted by molar-refractivity contribution is 7.89. The first kappa shape index (κ1) is 22.9. The van der Waals surface area contributed by atoms with E-state index in [0.717, 1.165) is 61.5 Å². The summed E-state index contributed by atoms with van der Waals surface area (Å²) in [6, 6.07) is 9.72. The summed E-state index contributed by atoms with van der Waals surface area (Å²) in [5.74, 6) is 0. The van der Waals surface area contributed by atoms with Crippen LogP contribution in [0.1, 0.15) is 23.1 Å². The van der Waals surface area contributed by atoms with Gasteiger partial charge in [-0.1, -0.05) is 18.2 Å². The monoisotopic (exact) mass is 461 g/mol. The molecule has 0 unspecified atom stereocenters. The molecule has 164 valence electrons. The van der Waals surface area contributed by atoms with Crippen LogP contribution in [0, 0.1) is 0 Å². The molecule has 30 heavy (non-hydrogen) atoms. The molecule has 10 heteroatoms. The molecule has 0 saturated carbocycles. The molecule has 5 nitrogen and oxygen atoms in total. The van der Waals surface area contributed by atoms with Crippen molar-refractivity contribution in [2.75, 3.05) is 31.1 Å². The van der Waals surface area contributed by atoms with Crippen molar-refractivity contribution < 1.29 is 21.6 Å². The maximum atomic E-state index is 13.1. The molecule has 2 aromatic rings. The zero-order valence-electron chi connectivity index (χ0n) is 16.2. The summed E-state index contributed by atoms with van der Waals surface area (Å²) in [7, 11) is -4.04. The second kappa shape index (κ2) is 8.74. The van der Waals surface area contributed by atoms with Crippen molar-refractivity contribution in [2.45, 2.75) is 30.6 Å². The quantitative estimate of drug-likeness (QED) is 0.758. The standard InChI is InChI=1S/C20H22F3N3O2S.ClH/c21-20(22,23)16-5-2-6-17(12-16)29(27,28)26-13-15-4-1-7-19(18(15)14-26)25-10-3-8-24-9-11-25;/h1-2,4-7,12,24H,3,8-11,13-14H2;1H. The fourth-order valence-corrected chi connectivity index (χ4v) is 5.34. The van der Waals surface area contributed by atoms with Gasteiger partial charge in [0.15, 0.2) is 0 Å². The molecule has 2 aliphatic heterocycles. The Bertz CT molecular complexity index is 1010. The lowest BCUT2D eigenvalue weighted by Gasteiger charge is -2.25. The highest BCUT2D eigenvalue weighted by atomic mass is 35.5. The van der Waals surface area contributed by atoms with E-state index in [-0.39, 0.29) is 30.4 Å². The van der Waals surface area contributed by atoms with Crippen LogP contribution in [0.3, 0.4) is 0 Å². The molecule has 2 heterocycles. The van der Waals surface area contributed by atoms with Crippen LogP contribution in [0.5, 0.6) is 0 Å². The van der Waals surface area contributed by atoms with Gasteiger partial charge in [-0.15, -0.1) is 12.4 Å². The van der Waals surface area contributed by atoms with Crippen molar-refractivity contribution in [1.82, 2.24) is 9.62 Å². The summed E-state index contributed by atoms with van der Waals surface area (Å²) in [6.45, 7) is 3.83. The largest absolute Gasteiger partial charge is 0.416 e. The number of alkyl halides is 3. The molecule has 1 saturated heterocycles. The van der Waals surface area contributed by atoms with Gasteiger partial charge < -0.3 is 10.2 Å². The van der Waals surface area contributed by atoms with Crippen molar-refractivity contribution in [1.29, 1.82) is 0 Å². The van der Waals surface area contributed by atoms with Gasteiger partial charge in [0.25, 0.3) is 0 Å². The topological polar surface area (TPSA) is 52.7 Å². The summed E-state index contributed by atoms with van der Waals surface area (Å²) in [6.07, 6.45) is -3.59. The van der Waals surface area contributed by atoms with E-state index in [2.05, 4.69) is 10.2 Å². The van der Waals surface area contributed by atoms with Gasteiger partial charge in [-0.25, -0.2) is 8.42 Å². The van der Waals surface area contributed by atoms with Crippen LogP contribution in [0.4, 0.5) is 18.9 Å². The number of sulfonamides is 1. The second-order valence-corrected chi connectivity index (χ2v) is 9.24. The predicted octanol–water partition coefficient (Wildman–Crippen LogP) is 3.63. The minimum atomic E-state index is -4.59. The summed E-state index contributed by atoms with van der Waals surface area (Å²) < 4.78 is 66.4. The zero-order valence-corrected chi connectivity index (χ0v) is 17.8. The Morgan fingerprint density at radius 1 is 0.967 bits per heavy atom. The van der Waals surface area contributed by atoms with E-state index in [1.807, 2.05) is 18.2 Å². The van der Waals surface area contributed by atoms with E-state index in [0.29, 0.717) is 6.07 Å². The molecule has 0 amide bonds. The lowest BCUT2D eigenvalue weighted by atomic mass is 10.1. The van der Waals surface area contributed by atoms with Gasteiger partial charge in [0, 0.05) is 38.4 Å². The van der Waals surface area contributed by atoms with Crippen molar-refractivity contribution in [2.24, 2.45) is 0 Å². The van der Waals surface area contributed by atoms with Gasteiger partial charge >= 0.3 is 6.18 Å². The Labute approximate surface area is 180 Å². The fraction of sp³-hybridized carbons (Fsp3) is 0.400. The van der Waals surface area contributed by atoms with E-state index < -0.39 is 21.8 Å². The third-order valence-electron chi connectivity index (χ3n) is 5.41. The normalized spacial score (nSPS) is 17.9. The Kier molecular flexibility index (Phi) is 6.66. The number of benzene rings is 2. The van der Waals surface area contributed by atoms with Crippen molar-refractivity contribution in [3.05, 3.63) is 59.2 Å². The zero-order chi connectivity index (χ0) is 20.6. The van der Waals surface area contributed by atoms with Crippen LogP contribution in [-0.4, -0.2) is 38.9 Å². The third-order valence-corrected chi connectivity index (χ3v) is 7.20. The first-order valence-corrected chi connectivity index (χ1v) is 10.9. The van der Waals surface area contributed by atoms with Gasteiger partial charge in [-0.05, 0) is 48.4 Å². The fourth-order valence-electron chi connectivity index (χ4n) is 3.91. The Morgan fingerprint density at radius 2 is 1.73 bits per heavy atom. The summed E-state index contributed by atoms with van der Waals surface area (Å²) >= 11 is 0.